The topological polar surface area (TPSA) is 49.4 Å². The van der Waals surface area contributed by atoms with Gasteiger partial charge < -0.3 is 10.2 Å². The predicted molar refractivity (Wildman–Crippen MR) is 79.6 cm³/mol. The van der Waals surface area contributed by atoms with Crippen LogP contribution in [0.1, 0.15) is 44.0 Å². The molecule has 4 heteroatoms. The summed E-state index contributed by atoms with van der Waals surface area (Å²) < 4.78 is 0. The molecule has 1 saturated heterocycles. The fourth-order valence-corrected chi connectivity index (χ4v) is 2.80. The number of nitrogens with one attached hydrogen (secondary N) is 1. The van der Waals surface area contributed by atoms with Crippen molar-refractivity contribution in [2.75, 3.05) is 11.9 Å². The van der Waals surface area contributed by atoms with E-state index in [1.807, 2.05) is 4.90 Å². The zero-order valence-corrected chi connectivity index (χ0v) is 12.3. The van der Waals surface area contributed by atoms with Crippen LogP contribution in [0.25, 0.3) is 0 Å². The van der Waals surface area contributed by atoms with Gasteiger partial charge in [0, 0.05) is 30.8 Å². The van der Waals surface area contributed by atoms with Gasteiger partial charge in [-0.3, -0.25) is 9.59 Å². The molecule has 1 N–H and O–H groups in total. The minimum Gasteiger partial charge on any atom is -0.335 e. The van der Waals surface area contributed by atoms with Crippen molar-refractivity contribution >= 4 is 17.5 Å². The van der Waals surface area contributed by atoms with Gasteiger partial charge in [-0.25, -0.2) is 0 Å². The first-order chi connectivity index (χ1) is 9.49. The Hall–Kier alpha value is -1.84. The van der Waals surface area contributed by atoms with Gasteiger partial charge >= 0.3 is 0 Å². The molecule has 1 aromatic carbocycles. The van der Waals surface area contributed by atoms with E-state index in [0.717, 1.165) is 25.1 Å². The second-order valence-electron chi connectivity index (χ2n) is 5.71. The van der Waals surface area contributed by atoms with Gasteiger partial charge in [0.25, 0.3) is 5.91 Å². The highest BCUT2D eigenvalue weighted by atomic mass is 16.2. The molecule has 1 heterocycles. The molecule has 1 aliphatic rings. The van der Waals surface area contributed by atoms with Crippen LogP contribution in [0.2, 0.25) is 0 Å². The first-order valence-corrected chi connectivity index (χ1v) is 7.17. The van der Waals surface area contributed by atoms with Gasteiger partial charge in [-0.2, -0.15) is 0 Å². The minimum atomic E-state index is -0.108. The van der Waals surface area contributed by atoms with Gasteiger partial charge in [0.2, 0.25) is 5.91 Å². The van der Waals surface area contributed by atoms with Crippen LogP contribution in [0.5, 0.6) is 0 Å². The van der Waals surface area contributed by atoms with Crippen LogP contribution in [0.3, 0.4) is 0 Å². The SMILES string of the molecule is CC(=O)Nc1ccc(C(=O)N2CCCC2C(C)C)cc1. The molecule has 2 amide bonds. The van der Waals surface area contributed by atoms with Gasteiger partial charge in [0.05, 0.1) is 0 Å². The van der Waals surface area contributed by atoms with Crippen molar-refractivity contribution in [2.45, 2.75) is 39.7 Å². The summed E-state index contributed by atoms with van der Waals surface area (Å²) in [7, 11) is 0. The fourth-order valence-electron chi connectivity index (χ4n) is 2.80. The van der Waals surface area contributed by atoms with E-state index in [9.17, 15) is 9.59 Å². The number of nitrogens with zero attached hydrogens (tertiary/aromatic N) is 1. The zero-order valence-electron chi connectivity index (χ0n) is 12.3. The van der Waals surface area contributed by atoms with E-state index >= 15 is 0 Å². The molecule has 1 fully saturated rings. The first kappa shape index (κ1) is 14.6. The smallest absolute Gasteiger partial charge is 0.254 e. The molecule has 0 aliphatic carbocycles. The summed E-state index contributed by atoms with van der Waals surface area (Å²) in [4.78, 5) is 25.5. The van der Waals surface area contributed by atoms with E-state index in [1.54, 1.807) is 24.3 Å². The Bertz CT molecular complexity index is 494. The molecule has 2 rings (SSSR count). The average Bonchev–Trinajstić information content (AvgIpc) is 2.87. The molecule has 108 valence electrons. The van der Waals surface area contributed by atoms with Gasteiger partial charge in [-0.05, 0) is 43.0 Å². The highest BCUT2D eigenvalue weighted by Gasteiger charge is 2.31. The molecule has 20 heavy (non-hydrogen) atoms. The molecule has 0 saturated carbocycles. The Labute approximate surface area is 120 Å². The lowest BCUT2D eigenvalue weighted by molar-refractivity contribution is -0.114. The molecule has 0 aromatic heterocycles. The standard InChI is InChI=1S/C16H22N2O2/c1-11(2)15-5-4-10-18(15)16(20)13-6-8-14(9-7-13)17-12(3)19/h6-9,11,15H,4-5,10H2,1-3H3,(H,17,19). The third-order valence-electron chi connectivity index (χ3n) is 3.78. The maximum atomic E-state index is 12.5. The van der Waals surface area contributed by atoms with Crippen molar-refractivity contribution in [3.63, 3.8) is 0 Å². The number of carbonyl (C=O) groups excluding carboxylic acids is 2. The van der Waals surface area contributed by atoms with Gasteiger partial charge in [-0.15, -0.1) is 0 Å². The summed E-state index contributed by atoms with van der Waals surface area (Å²) in [6.45, 7) is 6.64. The lowest BCUT2D eigenvalue weighted by Gasteiger charge is -2.27. The number of likely N-dealkylation sites (tertiary alicyclic amines) is 1. The van der Waals surface area contributed by atoms with Crippen LogP contribution in [0, 0.1) is 5.92 Å². The number of amides is 2. The Morgan fingerprint density at radius 1 is 1.25 bits per heavy atom. The maximum absolute atomic E-state index is 12.5. The second-order valence-corrected chi connectivity index (χ2v) is 5.71. The summed E-state index contributed by atoms with van der Waals surface area (Å²) in [5, 5.41) is 2.70. The third kappa shape index (κ3) is 3.18. The maximum Gasteiger partial charge on any atom is 0.254 e. The average molecular weight is 274 g/mol. The van der Waals surface area contributed by atoms with Crippen molar-refractivity contribution in [3.05, 3.63) is 29.8 Å². The summed E-state index contributed by atoms with van der Waals surface area (Å²) in [6.07, 6.45) is 2.17. The van der Waals surface area contributed by atoms with Crippen molar-refractivity contribution in [1.29, 1.82) is 0 Å². The van der Waals surface area contributed by atoms with Crippen molar-refractivity contribution in [1.82, 2.24) is 4.90 Å². The third-order valence-corrected chi connectivity index (χ3v) is 3.78. The van der Waals surface area contributed by atoms with Crippen LogP contribution in [0.15, 0.2) is 24.3 Å². The molecule has 1 atom stereocenters. The molecule has 1 aromatic rings. The first-order valence-electron chi connectivity index (χ1n) is 7.17. The second kappa shape index (κ2) is 6.07. The number of hydrogen-bond donors (Lipinski definition) is 1. The molecule has 0 bridgehead atoms. The van der Waals surface area contributed by atoms with E-state index in [2.05, 4.69) is 19.2 Å². The Morgan fingerprint density at radius 3 is 2.45 bits per heavy atom. The highest BCUT2D eigenvalue weighted by molar-refractivity contribution is 5.95. The van der Waals surface area contributed by atoms with Crippen LogP contribution >= 0.6 is 0 Å². The molecule has 4 nitrogen and oxygen atoms in total. The van der Waals surface area contributed by atoms with E-state index in [0.29, 0.717) is 17.5 Å². The monoisotopic (exact) mass is 274 g/mol. The Morgan fingerprint density at radius 2 is 1.90 bits per heavy atom. The van der Waals surface area contributed by atoms with Crippen molar-refractivity contribution < 1.29 is 9.59 Å². The summed E-state index contributed by atoms with van der Waals surface area (Å²) in [5.74, 6) is 0.471. The molecule has 1 unspecified atom stereocenters. The van der Waals surface area contributed by atoms with Crippen molar-refractivity contribution in [2.24, 2.45) is 5.92 Å². The molecular weight excluding hydrogens is 252 g/mol. The number of anilines is 1. The van der Waals surface area contributed by atoms with E-state index < -0.39 is 0 Å². The number of benzene rings is 1. The predicted octanol–water partition coefficient (Wildman–Crippen LogP) is 2.91. The van der Waals surface area contributed by atoms with Gasteiger partial charge in [0.1, 0.15) is 0 Å². The normalized spacial score (nSPS) is 18.4. The van der Waals surface area contributed by atoms with Crippen LogP contribution in [-0.2, 0) is 4.79 Å². The molecular formula is C16H22N2O2. The van der Waals surface area contributed by atoms with E-state index in [1.165, 1.54) is 6.92 Å². The highest BCUT2D eigenvalue weighted by Crippen LogP contribution is 2.25. The molecule has 0 spiro atoms. The molecule has 1 aliphatic heterocycles. The number of hydrogen-bond acceptors (Lipinski definition) is 2. The summed E-state index contributed by atoms with van der Waals surface area (Å²) in [6, 6.07) is 7.45. The number of rotatable bonds is 3. The van der Waals surface area contributed by atoms with Gasteiger partial charge in [0.15, 0.2) is 0 Å². The van der Waals surface area contributed by atoms with Crippen LogP contribution in [0.4, 0.5) is 5.69 Å². The largest absolute Gasteiger partial charge is 0.335 e. The van der Waals surface area contributed by atoms with E-state index in [-0.39, 0.29) is 11.8 Å². The molecule has 0 radical (unpaired) electrons. The Balaban J connectivity index is 2.11. The zero-order chi connectivity index (χ0) is 14.7. The fraction of sp³-hybridized carbons (Fsp3) is 0.500. The van der Waals surface area contributed by atoms with Crippen LogP contribution < -0.4 is 5.32 Å². The lowest BCUT2D eigenvalue weighted by Crippen LogP contribution is -2.38. The van der Waals surface area contributed by atoms with Crippen LogP contribution in [-0.4, -0.2) is 29.3 Å². The van der Waals surface area contributed by atoms with Crippen molar-refractivity contribution in [3.8, 4) is 0 Å². The Kier molecular flexibility index (Phi) is 4.42. The quantitative estimate of drug-likeness (QED) is 0.921. The summed E-state index contributed by atoms with van der Waals surface area (Å²) >= 11 is 0. The minimum absolute atomic E-state index is 0.0931. The summed E-state index contributed by atoms with van der Waals surface area (Å²) in [5.41, 5.74) is 1.41. The lowest BCUT2D eigenvalue weighted by atomic mass is 10.0. The number of carbonyl (C=O) groups is 2. The van der Waals surface area contributed by atoms with E-state index in [4.69, 9.17) is 0 Å². The van der Waals surface area contributed by atoms with Gasteiger partial charge in [-0.1, -0.05) is 13.8 Å².